The number of piperidine rings is 1. The Balaban J connectivity index is 1.27. The third-order valence-electron chi connectivity index (χ3n) is 9.41. The minimum Gasteiger partial charge on any atom is -0.726 e. The zero-order valence-corrected chi connectivity index (χ0v) is 28.9. The molecule has 1 N–H and O–H groups in total. The summed E-state index contributed by atoms with van der Waals surface area (Å²) >= 11 is 0. The van der Waals surface area contributed by atoms with Gasteiger partial charge in [-0.1, -0.05) is 128 Å². The minimum atomic E-state index is -5.03. The third kappa shape index (κ3) is 10.3. The van der Waals surface area contributed by atoms with Gasteiger partial charge in [-0.05, 0) is 16.7 Å². The average Bonchev–Trinajstić information content (AvgIpc) is 3.13. The summed E-state index contributed by atoms with van der Waals surface area (Å²) in [4.78, 5) is 1.07. The van der Waals surface area contributed by atoms with Crippen molar-refractivity contribution in [2.75, 3.05) is 26.3 Å². The molecule has 0 aromatic heterocycles. The Morgan fingerprint density at radius 3 is 1.86 bits per heavy atom. The quantitative estimate of drug-likeness (QED) is 0.143. The average molecular weight is 704 g/mol. The Morgan fingerprint density at radius 1 is 0.740 bits per heavy atom. The van der Waals surface area contributed by atoms with Gasteiger partial charge in [0, 0.05) is 11.5 Å². The Labute approximate surface area is 294 Å². The molecular formula is C39H45NO9S. The molecule has 4 aromatic rings. The van der Waals surface area contributed by atoms with Gasteiger partial charge in [0.15, 0.2) is 6.29 Å². The second kappa shape index (κ2) is 17.6. The van der Waals surface area contributed by atoms with E-state index in [1.807, 2.05) is 121 Å². The van der Waals surface area contributed by atoms with Gasteiger partial charge in [-0.3, -0.25) is 4.18 Å². The van der Waals surface area contributed by atoms with Crippen molar-refractivity contribution in [1.29, 1.82) is 0 Å². The van der Waals surface area contributed by atoms with Crippen LogP contribution >= 0.6 is 0 Å². The fourth-order valence-corrected chi connectivity index (χ4v) is 7.33. The monoisotopic (exact) mass is 703 g/mol. The van der Waals surface area contributed by atoms with Crippen LogP contribution in [0, 0.1) is 5.92 Å². The van der Waals surface area contributed by atoms with Gasteiger partial charge in [0.1, 0.15) is 37.4 Å². The Morgan fingerprint density at radius 2 is 1.28 bits per heavy atom. The van der Waals surface area contributed by atoms with Crippen LogP contribution in [0.15, 0.2) is 121 Å². The van der Waals surface area contributed by atoms with Crippen LogP contribution in [0.3, 0.4) is 0 Å². The molecule has 11 heteroatoms. The molecule has 2 saturated heterocycles. The van der Waals surface area contributed by atoms with Gasteiger partial charge in [0.25, 0.3) is 0 Å². The number of quaternary nitrogens is 1. The molecular weight excluding hydrogens is 658 g/mol. The first-order chi connectivity index (χ1) is 24.3. The van der Waals surface area contributed by atoms with E-state index in [0.29, 0.717) is 39.5 Å². The number of hydrogen-bond donors (Lipinski definition) is 1. The highest BCUT2D eigenvalue weighted by atomic mass is 32.3. The van der Waals surface area contributed by atoms with Crippen LogP contribution in [-0.4, -0.2) is 69.7 Å². The summed E-state index contributed by atoms with van der Waals surface area (Å²) < 4.78 is 72.5. The van der Waals surface area contributed by atoms with E-state index in [4.69, 9.17) is 27.9 Å². The van der Waals surface area contributed by atoms with E-state index < -0.39 is 28.9 Å². The number of ether oxygens (including phenoxy) is 5. The van der Waals surface area contributed by atoms with Gasteiger partial charge in [-0.15, -0.1) is 0 Å². The molecule has 4 aromatic carbocycles. The van der Waals surface area contributed by atoms with Crippen LogP contribution in [0.25, 0.3) is 0 Å². The summed E-state index contributed by atoms with van der Waals surface area (Å²) in [7, 11) is -5.03. The molecule has 2 aliphatic heterocycles. The lowest BCUT2D eigenvalue weighted by Gasteiger charge is -2.47. The maximum Gasteiger partial charge on any atom is 0.218 e. The molecule has 6 rings (SSSR count). The van der Waals surface area contributed by atoms with Crippen molar-refractivity contribution in [2.24, 2.45) is 5.92 Å². The summed E-state index contributed by atoms with van der Waals surface area (Å²) in [5.74, 6) is -0.0496. The van der Waals surface area contributed by atoms with Crippen LogP contribution < -0.4 is 4.90 Å². The maximum atomic E-state index is 11.8. The van der Waals surface area contributed by atoms with Crippen LogP contribution in [0.5, 0.6) is 0 Å². The lowest BCUT2D eigenvalue weighted by Crippen LogP contribution is -3.21. The van der Waals surface area contributed by atoms with Crippen LogP contribution in [0.2, 0.25) is 0 Å². The normalized spacial score (nSPS) is 27.2. The van der Waals surface area contributed by atoms with Gasteiger partial charge >= 0.3 is 0 Å². The van der Waals surface area contributed by atoms with Crippen molar-refractivity contribution in [3.05, 3.63) is 144 Å². The molecule has 2 fully saturated rings. The third-order valence-corrected chi connectivity index (χ3v) is 9.89. The number of rotatable bonds is 15. The van der Waals surface area contributed by atoms with Crippen molar-refractivity contribution < 1.29 is 45.7 Å². The van der Waals surface area contributed by atoms with Gasteiger partial charge in [0.05, 0.1) is 39.1 Å². The van der Waals surface area contributed by atoms with Crippen molar-refractivity contribution in [1.82, 2.24) is 0 Å². The standard InChI is InChI=1S/C39H45NO9S/c1-29-34(27-44-24-30-14-6-2-7-15-30)40(22-35-37(49-50(41,42)43)28-47-39(48-35)33-20-12-5-13-21-33)23-36(45-25-31-16-8-3-9-17-31)38(29)46-26-32-18-10-4-11-19-32/h2-21,29,34-39H,22-28H2,1H3,(H,41,42,43)/t29-,34-,35-,36+,37?,38+,39?/m1/s1. The smallest absolute Gasteiger partial charge is 0.218 e. The Hall–Kier alpha value is -3.49. The largest absolute Gasteiger partial charge is 0.726 e. The first-order valence-electron chi connectivity index (χ1n) is 17.1. The van der Waals surface area contributed by atoms with E-state index >= 15 is 0 Å². The number of benzene rings is 4. The molecule has 0 amide bonds. The first-order valence-corrected chi connectivity index (χ1v) is 18.4. The second-order valence-corrected chi connectivity index (χ2v) is 13.9. The molecule has 8 atom stereocenters. The van der Waals surface area contributed by atoms with Crippen molar-refractivity contribution >= 4 is 10.4 Å². The van der Waals surface area contributed by atoms with Crippen molar-refractivity contribution in [3.63, 3.8) is 0 Å². The lowest BCUT2D eigenvalue weighted by molar-refractivity contribution is -0.944. The van der Waals surface area contributed by atoms with Crippen molar-refractivity contribution in [2.45, 2.75) is 63.5 Å². The fraction of sp³-hybridized carbons (Fsp3) is 0.385. The number of hydrogen-bond acceptors (Lipinski definition) is 9. The zero-order valence-electron chi connectivity index (χ0n) is 28.1. The van der Waals surface area contributed by atoms with Gasteiger partial charge < -0.3 is 33.1 Å². The maximum absolute atomic E-state index is 11.8. The molecule has 0 aliphatic carbocycles. The molecule has 2 aliphatic rings. The topological polar surface area (TPSA) is 117 Å². The van der Waals surface area contributed by atoms with E-state index in [1.165, 1.54) is 0 Å². The highest BCUT2D eigenvalue weighted by Crippen LogP contribution is 2.29. The summed E-state index contributed by atoms with van der Waals surface area (Å²) in [6.45, 7) is 4.52. The molecule has 50 heavy (non-hydrogen) atoms. The summed E-state index contributed by atoms with van der Waals surface area (Å²) in [5.41, 5.74) is 3.95. The van der Waals surface area contributed by atoms with E-state index in [2.05, 4.69) is 6.92 Å². The van der Waals surface area contributed by atoms with Crippen LogP contribution in [0.4, 0.5) is 0 Å². The van der Waals surface area contributed by atoms with E-state index in [-0.39, 0.29) is 30.8 Å². The summed E-state index contributed by atoms with van der Waals surface area (Å²) in [6, 6.07) is 39.4. The Kier molecular flexibility index (Phi) is 12.8. The number of nitrogens with one attached hydrogen (secondary N) is 1. The van der Waals surface area contributed by atoms with E-state index in [0.717, 1.165) is 27.2 Å². The second-order valence-electron chi connectivity index (χ2n) is 12.9. The molecule has 2 heterocycles. The summed E-state index contributed by atoms with van der Waals surface area (Å²) in [5, 5.41) is 0. The van der Waals surface area contributed by atoms with Crippen molar-refractivity contribution in [3.8, 4) is 0 Å². The van der Waals surface area contributed by atoms with Crippen LogP contribution in [-0.2, 0) is 58.1 Å². The number of likely N-dealkylation sites (tertiary alicyclic amines) is 1. The highest BCUT2D eigenvalue weighted by Gasteiger charge is 2.48. The Bertz CT molecular complexity index is 1680. The van der Waals surface area contributed by atoms with E-state index in [9.17, 15) is 13.0 Å². The van der Waals surface area contributed by atoms with Crippen LogP contribution in [0.1, 0.15) is 35.5 Å². The predicted molar refractivity (Wildman–Crippen MR) is 184 cm³/mol. The van der Waals surface area contributed by atoms with E-state index in [1.54, 1.807) is 0 Å². The lowest BCUT2D eigenvalue weighted by atomic mass is 9.85. The predicted octanol–water partition coefficient (Wildman–Crippen LogP) is 4.24. The molecule has 0 saturated carbocycles. The molecule has 266 valence electrons. The molecule has 3 unspecified atom stereocenters. The summed E-state index contributed by atoms with van der Waals surface area (Å²) in [6.07, 6.45) is -3.25. The van der Waals surface area contributed by atoms with Gasteiger partial charge in [0.2, 0.25) is 10.4 Å². The fourth-order valence-electron chi connectivity index (χ4n) is 6.84. The highest BCUT2D eigenvalue weighted by molar-refractivity contribution is 7.80. The molecule has 0 spiro atoms. The SMILES string of the molecule is C[C@H]1[C@H](OCc2ccccc2)[C@@H](OCc2ccccc2)C[NH+](C[C@H]2OC(c3ccccc3)OCC2OS(=O)(=O)[O-])[C@@H]1COCc1ccccc1. The minimum absolute atomic E-state index is 0.0496. The molecule has 0 bridgehead atoms. The first kappa shape index (κ1) is 36.3. The van der Waals surface area contributed by atoms with Gasteiger partial charge in [-0.2, -0.15) is 0 Å². The molecule has 0 radical (unpaired) electrons. The zero-order chi connectivity index (χ0) is 34.8. The van der Waals surface area contributed by atoms with Gasteiger partial charge in [-0.25, -0.2) is 8.42 Å². The molecule has 10 nitrogen and oxygen atoms in total.